The molecule has 0 saturated heterocycles. The van der Waals surface area contributed by atoms with Crippen LogP contribution in [0.4, 0.5) is 0 Å². The maximum atomic E-state index is 9.81. The summed E-state index contributed by atoms with van der Waals surface area (Å²) in [6, 6.07) is 0. The number of rotatable bonds is 5. The van der Waals surface area contributed by atoms with Crippen LogP contribution in [0, 0.1) is 0 Å². The Morgan fingerprint density at radius 1 is 1.70 bits per heavy atom. The summed E-state index contributed by atoms with van der Waals surface area (Å²) < 4.78 is 13.9. The first kappa shape index (κ1) is 9.45. The van der Waals surface area contributed by atoms with Crippen molar-refractivity contribution in [3.05, 3.63) is 0 Å². The molecule has 0 bridgehead atoms. The smallest absolute Gasteiger partial charge is 0.286 e. The molecule has 1 amide bonds. The maximum Gasteiger partial charge on any atom is 0.694 e. The van der Waals surface area contributed by atoms with E-state index in [0.29, 0.717) is 5.06 Å². The number of hydrogen-bond donors (Lipinski definition) is 2. The first-order valence-electron chi connectivity index (χ1n) is 2.36. The molecular formula is C3H7NO5P+. The van der Waals surface area contributed by atoms with Gasteiger partial charge in [-0.25, -0.2) is 5.06 Å². The van der Waals surface area contributed by atoms with E-state index in [2.05, 4.69) is 4.52 Å². The van der Waals surface area contributed by atoms with Crippen molar-refractivity contribution >= 4 is 14.7 Å². The molecule has 0 radical (unpaired) electrons. The molecule has 0 aromatic carbocycles. The summed E-state index contributed by atoms with van der Waals surface area (Å²) in [4.78, 5) is 17.7. The predicted molar refractivity (Wildman–Crippen MR) is 30.3 cm³/mol. The van der Waals surface area contributed by atoms with Crippen LogP contribution in [0.25, 0.3) is 0 Å². The SMILES string of the molecule is O=CN(O)CCO[P+](=O)O. The van der Waals surface area contributed by atoms with E-state index < -0.39 is 8.25 Å². The Hall–Kier alpha value is -0.550. The maximum absolute atomic E-state index is 9.81. The van der Waals surface area contributed by atoms with Gasteiger partial charge < -0.3 is 0 Å². The molecule has 0 rings (SSSR count). The normalized spacial score (nSPS) is 10.8. The van der Waals surface area contributed by atoms with Crippen molar-refractivity contribution in [2.75, 3.05) is 13.2 Å². The molecule has 0 aliphatic heterocycles. The lowest BCUT2D eigenvalue weighted by molar-refractivity contribution is -0.150. The number of carbonyl (C=O) groups is 1. The third-order valence-electron chi connectivity index (χ3n) is 0.644. The Balaban J connectivity index is 3.19. The molecule has 1 atom stereocenters. The van der Waals surface area contributed by atoms with Crippen molar-refractivity contribution in [3.63, 3.8) is 0 Å². The first-order chi connectivity index (χ1) is 4.66. The van der Waals surface area contributed by atoms with E-state index in [1.807, 2.05) is 0 Å². The summed E-state index contributed by atoms with van der Waals surface area (Å²) in [6.45, 7) is -0.286. The second-order valence-electron chi connectivity index (χ2n) is 1.34. The van der Waals surface area contributed by atoms with E-state index >= 15 is 0 Å². The Bertz CT molecular complexity index is 128. The molecule has 1 unspecified atom stereocenters. The van der Waals surface area contributed by atoms with E-state index in [9.17, 15) is 9.36 Å². The number of carbonyl (C=O) groups excluding carboxylic acids is 1. The zero-order valence-electron chi connectivity index (χ0n) is 5.01. The third-order valence-corrected chi connectivity index (χ3v) is 1.05. The van der Waals surface area contributed by atoms with E-state index in [-0.39, 0.29) is 19.6 Å². The van der Waals surface area contributed by atoms with Crippen LogP contribution in [0.15, 0.2) is 0 Å². The Morgan fingerprint density at radius 3 is 2.70 bits per heavy atom. The van der Waals surface area contributed by atoms with Gasteiger partial charge in [-0.3, -0.25) is 10.0 Å². The summed E-state index contributed by atoms with van der Waals surface area (Å²) in [5.74, 6) is 0. The van der Waals surface area contributed by atoms with Crippen molar-refractivity contribution in [1.29, 1.82) is 0 Å². The highest BCUT2D eigenvalue weighted by Gasteiger charge is 2.11. The summed E-state index contributed by atoms with van der Waals surface area (Å²) in [5.41, 5.74) is 0. The quantitative estimate of drug-likeness (QED) is 0.250. The molecule has 0 aromatic heterocycles. The van der Waals surface area contributed by atoms with Gasteiger partial charge >= 0.3 is 8.25 Å². The predicted octanol–water partition coefficient (Wildman–Crippen LogP) is -0.500. The van der Waals surface area contributed by atoms with Crippen LogP contribution in [-0.4, -0.2) is 34.7 Å². The average molecular weight is 168 g/mol. The Kier molecular flexibility index (Phi) is 4.96. The minimum atomic E-state index is -2.64. The van der Waals surface area contributed by atoms with Gasteiger partial charge in [0.05, 0.1) is 6.54 Å². The molecule has 0 aliphatic rings. The average Bonchev–Trinajstić information content (AvgIpc) is 1.87. The highest BCUT2D eigenvalue weighted by molar-refractivity contribution is 7.32. The van der Waals surface area contributed by atoms with E-state index in [0.717, 1.165) is 0 Å². The van der Waals surface area contributed by atoms with E-state index in [1.165, 1.54) is 0 Å². The molecule has 0 spiro atoms. The lowest BCUT2D eigenvalue weighted by Crippen LogP contribution is -2.20. The molecule has 0 aliphatic carbocycles. The lowest BCUT2D eigenvalue weighted by atomic mass is 10.7. The Labute approximate surface area is 57.9 Å². The number of amides is 1. The molecule has 10 heavy (non-hydrogen) atoms. The van der Waals surface area contributed by atoms with Crippen molar-refractivity contribution < 1.29 is 24.0 Å². The minimum absolute atomic E-state index is 0.120. The van der Waals surface area contributed by atoms with Crippen molar-refractivity contribution in [1.82, 2.24) is 5.06 Å². The van der Waals surface area contributed by atoms with Crippen LogP contribution in [-0.2, 0) is 13.9 Å². The first-order valence-corrected chi connectivity index (χ1v) is 3.49. The van der Waals surface area contributed by atoms with Gasteiger partial charge in [0.1, 0.15) is 6.61 Å². The second kappa shape index (κ2) is 5.25. The van der Waals surface area contributed by atoms with E-state index in [1.54, 1.807) is 0 Å². The molecule has 0 fully saturated rings. The zero-order valence-corrected chi connectivity index (χ0v) is 5.90. The van der Waals surface area contributed by atoms with Crippen LogP contribution >= 0.6 is 8.25 Å². The van der Waals surface area contributed by atoms with Gasteiger partial charge in [-0.2, -0.15) is 0 Å². The van der Waals surface area contributed by atoms with Crippen LogP contribution in [0.1, 0.15) is 0 Å². The zero-order chi connectivity index (χ0) is 7.98. The molecule has 58 valence electrons. The van der Waals surface area contributed by atoms with Gasteiger partial charge in [-0.15, -0.1) is 9.42 Å². The van der Waals surface area contributed by atoms with Gasteiger partial charge in [0, 0.05) is 4.57 Å². The van der Waals surface area contributed by atoms with Gasteiger partial charge in [-0.05, 0) is 0 Å². The summed E-state index contributed by atoms with van der Waals surface area (Å²) in [7, 11) is -2.64. The number of hydroxylamine groups is 2. The van der Waals surface area contributed by atoms with Gasteiger partial charge in [0.15, 0.2) is 0 Å². The minimum Gasteiger partial charge on any atom is -0.286 e. The van der Waals surface area contributed by atoms with Crippen molar-refractivity contribution in [2.45, 2.75) is 0 Å². The van der Waals surface area contributed by atoms with Gasteiger partial charge in [0.25, 0.3) is 0 Å². The molecule has 7 heteroatoms. The van der Waals surface area contributed by atoms with Crippen LogP contribution < -0.4 is 0 Å². The fraction of sp³-hybridized carbons (Fsp3) is 0.667. The van der Waals surface area contributed by atoms with Gasteiger partial charge in [-0.1, -0.05) is 0 Å². The fourth-order valence-electron chi connectivity index (χ4n) is 0.265. The van der Waals surface area contributed by atoms with Crippen molar-refractivity contribution in [3.8, 4) is 0 Å². The van der Waals surface area contributed by atoms with E-state index in [4.69, 9.17) is 10.1 Å². The van der Waals surface area contributed by atoms with Crippen LogP contribution in [0.5, 0.6) is 0 Å². The van der Waals surface area contributed by atoms with Gasteiger partial charge in [0.2, 0.25) is 6.41 Å². The molecule has 0 saturated carbocycles. The number of nitrogens with zero attached hydrogens (tertiary/aromatic N) is 1. The molecular weight excluding hydrogens is 161 g/mol. The standard InChI is InChI=1S/C3H6NO5P/c5-3-4(6)1-2-9-10(7)8/h3,6H,1-2H2/p+1. The summed E-state index contributed by atoms with van der Waals surface area (Å²) in [5, 5.41) is 8.70. The summed E-state index contributed by atoms with van der Waals surface area (Å²) >= 11 is 0. The van der Waals surface area contributed by atoms with Crippen molar-refractivity contribution in [2.24, 2.45) is 0 Å². The van der Waals surface area contributed by atoms with Crippen LogP contribution in [0.3, 0.4) is 0 Å². The number of hydrogen-bond acceptors (Lipinski definition) is 4. The second-order valence-corrected chi connectivity index (χ2v) is 2.07. The molecule has 0 heterocycles. The lowest BCUT2D eigenvalue weighted by Gasteiger charge is -2.02. The largest absolute Gasteiger partial charge is 0.694 e. The monoisotopic (exact) mass is 168 g/mol. The molecule has 2 N–H and O–H groups in total. The highest BCUT2D eigenvalue weighted by atomic mass is 31.1. The Morgan fingerprint density at radius 2 is 2.30 bits per heavy atom. The molecule has 0 aromatic rings. The molecule has 6 nitrogen and oxygen atoms in total. The topological polar surface area (TPSA) is 87.1 Å². The van der Waals surface area contributed by atoms with Crippen LogP contribution in [0.2, 0.25) is 0 Å². The summed E-state index contributed by atoms with van der Waals surface area (Å²) in [6.07, 6.45) is 0.174. The third kappa shape index (κ3) is 5.58. The highest BCUT2D eigenvalue weighted by Crippen LogP contribution is 2.12. The fourth-order valence-corrected chi connectivity index (χ4v) is 0.503.